The molecule has 0 aromatic heterocycles. The third-order valence-electron chi connectivity index (χ3n) is 2.15. The third-order valence-corrected chi connectivity index (χ3v) is 3.69. The summed E-state index contributed by atoms with van der Waals surface area (Å²) in [5, 5.41) is -0.336. The van der Waals surface area contributed by atoms with Crippen LogP contribution in [0.1, 0.15) is 20.7 Å². The van der Waals surface area contributed by atoms with Gasteiger partial charge in [-0.3, -0.25) is 4.79 Å². The normalized spacial score (nSPS) is 11.1. The van der Waals surface area contributed by atoms with Gasteiger partial charge in [0.1, 0.15) is 0 Å². The lowest BCUT2D eigenvalue weighted by Gasteiger charge is -2.10. The molecule has 0 saturated carbocycles. The number of hydrogen-bond donors (Lipinski definition) is 1. The molecule has 1 amide bonds. The van der Waals surface area contributed by atoms with E-state index >= 15 is 0 Å². The number of rotatable bonds is 3. The van der Waals surface area contributed by atoms with Crippen LogP contribution in [0.25, 0.3) is 0 Å². The molecule has 98 valence electrons. The van der Waals surface area contributed by atoms with Crippen molar-refractivity contribution in [3.05, 3.63) is 28.3 Å². The van der Waals surface area contributed by atoms with Gasteiger partial charge in [-0.25, -0.2) is 13.2 Å². The molecule has 18 heavy (non-hydrogen) atoms. The fraction of sp³-hybridized carbons (Fsp3) is 0.200. The lowest BCUT2D eigenvalue weighted by molar-refractivity contribution is 0.0601. The Labute approximate surface area is 109 Å². The van der Waals surface area contributed by atoms with Gasteiger partial charge in [0.15, 0.2) is 9.84 Å². The van der Waals surface area contributed by atoms with E-state index in [9.17, 15) is 18.0 Å². The van der Waals surface area contributed by atoms with E-state index in [0.29, 0.717) is 0 Å². The number of primary amides is 1. The van der Waals surface area contributed by atoms with Crippen LogP contribution in [0.15, 0.2) is 17.0 Å². The number of nitrogens with two attached hydrogens (primary N) is 1. The van der Waals surface area contributed by atoms with Gasteiger partial charge >= 0.3 is 5.97 Å². The second-order valence-electron chi connectivity index (χ2n) is 3.43. The molecular formula is C10H10ClNO5S. The summed E-state index contributed by atoms with van der Waals surface area (Å²) < 4.78 is 27.4. The Kier molecular flexibility index (Phi) is 3.98. The van der Waals surface area contributed by atoms with Crippen molar-refractivity contribution < 1.29 is 22.7 Å². The smallest absolute Gasteiger partial charge is 0.339 e. The first-order chi connectivity index (χ1) is 8.20. The van der Waals surface area contributed by atoms with Crippen LogP contribution in [0.5, 0.6) is 0 Å². The van der Waals surface area contributed by atoms with E-state index < -0.39 is 27.3 Å². The third kappa shape index (κ3) is 2.62. The highest BCUT2D eigenvalue weighted by molar-refractivity contribution is 7.90. The van der Waals surface area contributed by atoms with E-state index in [1.54, 1.807) is 0 Å². The predicted octanol–water partition coefficient (Wildman–Crippen LogP) is 0.629. The van der Waals surface area contributed by atoms with Crippen LogP contribution in [0.3, 0.4) is 0 Å². The van der Waals surface area contributed by atoms with Crippen molar-refractivity contribution in [1.29, 1.82) is 0 Å². The Morgan fingerprint density at radius 3 is 2.28 bits per heavy atom. The molecule has 0 heterocycles. The fourth-order valence-corrected chi connectivity index (χ4v) is 2.64. The highest BCUT2D eigenvalue weighted by atomic mass is 35.5. The van der Waals surface area contributed by atoms with E-state index in [4.69, 9.17) is 17.3 Å². The van der Waals surface area contributed by atoms with E-state index in [0.717, 1.165) is 25.5 Å². The summed E-state index contributed by atoms with van der Waals surface area (Å²) in [5.41, 5.74) is 4.54. The Bertz CT molecular complexity index is 623. The average molecular weight is 292 g/mol. The second kappa shape index (κ2) is 4.95. The minimum absolute atomic E-state index is 0.125. The fourth-order valence-electron chi connectivity index (χ4n) is 1.36. The quantitative estimate of drug-likeness (QED) is 0.823. The highest BCUT2D eigenvalue weighted by Gasteiger charge is 2.24. The van der Waals surface area contributed by atoms with Gasteiger partial charge in [-0.15, -0.1) is 0 Å². The van der Waals surface area contributed by atoms with Crippen molar-refractivity contribution in [3.8, 4) is 0 Å². The first kappa shape index (κ1) is 14.5. The summed E-state index contributed by atoms with van der Waals surface area (Å²) in [7, 11) is -2.56. The molecule has 0 unspecified atom stereocenters. The number of halogens is 1. The van der Waals surface area contributed by atoms with Crippen LogP contribution in [-0.2, 0) is 14.6 Å². The number of benzene rings is 1. The monoisotopic (exact) mass is 291 g/mol. The van der Waals surface area contributed by atoms with Crippen molar-refractivity contribution in [2.24, 2.45) is 5.73 Å². The largest absolute Gasteiger partial charge is 0.465 e. The molecule has 1 aromatic rings. The summed E-state index contributed by atoms with van der Waals surface area (Å²) >= 11 is 5.82. The molecule has 0 saturated heterocycles. The van der Waals surface area contributed by atoms with Crippen LogP contribution in [0, 0.1) is 0 Å². The molecule has 8 heteroatoms. The molecule has 1 aromatic carbocycles. The van der Waals surface area contributed by atoms with Crippen molar-refractivity contribution >= 4 is 33.3 Å². The van der Waals surface area contributed by atoms with E-state index in [-0.39, 0.29) is 15.5 Å². The molecule has 0 fully saturated rings. The number of carbonyl (C=O) groups excluding carboxylic acids is 2. The topological polar surface area (TPSA) is 104 Å². The molecule has 0 aliphatic rings. The van der Waals surface area contributed by atoms with Crippen molar-refractivity contribution in [2.45, 2.75) is 4.90 Å². The summed E-state index contributed by atoms with van der Waals surface area (Å²) in [4.78, 5) is 22.3. The van der Waals surface area contributed by atoms with Gasteiger partial charge in [0.05, 0.1) is 28.2 Å². The second-order valence-corrected chi connectivity index (χ2v) is 5.79. The number of ether oxygens (including phenoxy) is 1. The minimum atomic E-state index is -3.69. The maximum absolute atomic E-state index is 11.5. The maximum Gasteiger partial charge on any atom is 0.339 e. The predicted molar refractivity (Wildman–Crippen MR) is 64.4 cm³/mol. The molecule has 0 aliphatic heterocycles. The molecule has 2 N–H and O–H groups in total. The zero-order valence-electron chi connectivity index (χ0n) is 9.56. The standard InChI is InChI=1S/C10H10ClNO5S/c1-17-10(14)5-3-4-6(18(2,15)16)7(8(5)11)9(12)13/h3-4H,1-2H3,(H2,12,13). The Morgan fingerprint density at radius 1 is 1.33 bits per heavy atom. The summed E-state index contributed by atoms with van der Waals surface area (Å²) in [6.45, 7) is 0. The zero-order valence-corrected chi connectivity index (χ0v) is 11.1. The van der Waals surface area contributed by atoms with Crippen molar-refractivity contribution in [2.75, 3.05) is 13.4 Å². The van der Waals surface area contributed by atoms with Crippen LogP contribution in [0.4, 0.5) is 0 Å². The summed E-state index contributed by atoms with van der Waals surface area (Å²) in [6.07, 6.45) is 0.906. The van der Waals surface area contributed by atoms with Crippen LogP contribution >= 0.6 is 11.6 Å². The molecule has 0 bridgehead atoms. The van der Waals surface area contributed by atoms with Crippen molar-refractivity contribution in [3.63, 3.8) is 0 Å². The molecule has 6 nitrogen and oxygen atoms in total. The lowest BCUT2D eigenvalue weighted by Crippen LogP contribution is -2.18. The van der Waals surface area contributed by atoms with Crippen LogP contribution < -0.4 is 5.73 Å². The first-order valence-corrected chi connectivity index (χ1v) is 6.87. The summed E-state index contributed by atoms with van der Waals surface area (Å²) in [6, 6.07) is 2.25. The molecule has 0 spiro atoms. The van der Waals surface area contributed by atoms with Gasteiger partial charge < -0.3 is 10.5 Å². The molecular weight excluding hydrogens is 282 g/mol. The van der Waals surface area contributed by atoms with Gasteiger partial charge in [0, 0.05) is 6.26 Å². The van der Waals surface area contributed by atoms with Gasteiger partial charge in [-0.1, -0.05) is 11.6 Å². The maximum atomic E-state index is 11.5. The first-order valence-electron chi connectivity index (χ1n) is 4.60. The van der Waals surface area contributed by atoms with E-state index in [1.807, 2.05) is 0 Å². The molecule has 0 aliphatic carbocycles. The number of carbonyl (C=O) groups is 2. The number of esters is 1. The Balaban J connectivity index is 3.69. The Morgan fingerprint density at radius 2 is 1.89 bits per heavy atom. The number of methoxy groups -OCH3 is 1. The lowest BCUT2D eigenvalue weighted by atomic mass is 10.1. The SMILES string of the molecule is COC(=O)c1ccc(S(C)(=O)=O)c(C(N)=O)c1Cl. The van der Waals surface area contributed by atoms with Crippen molar-refractivity contribution in [1.82, 2.24) is 0 Å². The molecule has 0 radical (unpaired) electrons. The molecule has 1 rings (SSSR count). The van der Waals surface area contributed by atoms with Crippen LogP contribution in [0.2, 0.25) is 5.02 Å². The van der Waals surface area contributed by atoms with Gasteiger partial charge in [0.25, 0.3) is 5.91 Å². The Hall–Kier alpha value is -1.60. The molecule has 0 atom stereocenters. The number of sulfone groups is 1. The van der Waals surface area contributed by atoms with E-state index in [1.165, 1.54) is 0 Å². The summed E-state index contributed by atoms with van der Waals surface area (Å²) in [5.74, 6) is -1.83. The number of amides is 1. The minimum Gasteiger partial charge on any atom is -0.465 e. The van der Waals surface area contributed by atoms with Gasteiger partial charge in [0.2, 0.25) is 0 Å². The average Bonchev–Trinajstić information content (AvgIpc) is 2.25. The van der Waals surface area contributed by atoms with E-state index in [2.05, 4.69) is 4.74 Å². The zero-order chi connectivity index (χ0) is 14.1. The highest BCUT2D eigenvalue weighted by Crippen LogP contribution is 2.28. The van der Waals surface area contributed by atoms with Gasteiger partial charge in [-0.2, -0.15) is 0 Å². The number of hydrogen-bond acceptors (Lipinski definition) is 5. The van der Waals surface area contributed by atoms with Gasteiger partial charge in [-0.05, 0) is 12.1 Å². The van der Waals surface area contributed by atoms with Crippen LogP contribution in [-0.4, -0.2) is 33.7 Å².